The molecule has 46 heavy (non-hydrogen) atoms. The van der Waals surface area contributed by atoms with Crippen LogP contribution in [0.25, 0.3) is 0 Å². The Morgan fingerprint density at radius 1 is 0.891 bits per heavy atom. The molecular weight excluding hydrogens is 584 g/mol. The van der Waals surface area contributed by atoms with Crippen molar-refractivity contribution in [1.29, 1.82) is 0 Å². The average Bonchev–Trinajstić information content (AvgIpc) is 3.43. The molecule has 7 atom stereocenters. The van der Waals surface area contributed by atoms with Crippen LogP contribution in [0.4, 0.5) is 0 Å². The second kappa shape index (κ2) is 14.9. The van der Waals surface area contributed by atoms with Crippen molar-refractivity contribution in [2.45, 2.75) is 95.3 Å². The first-order valence-electron chi connectivity index (χ1n) is 16.6. The molecule has 0 unspecified atom stereocenters. The number of hydrogen-bond donors (Lipinski definition) is 3. The molecule has 6 rings (SSSR count). The summed E-state index contributed by atoms with van der Waals surface area (Å²) in [6, 6.07) is 13.7. The highest BCUT2D eigenvalue weighted by molar-refractivity contribution is 5.95. The van der Waals surface area contributed by atoms with Crippen LogP contribution < -0.4 is 16.0 Å². The minimum absolute atomic E-state index is 0.0295. The third-order valence-electron chi connectivity index (χ3n) is 9.85. The molecule has 10 nitrogen and oxygen atoms in total. The maximum Gasteiger partial charge on any atom is 0.328 e. The van der Waals surface area contributed by atoms with Crippen LogP contribution >= 0.6 is 0 Å². The first kappa shape index (κ1) is 33.2. The number of rotatable bonds is 6. The van der Waals surface area contributed by atoms with Gasteiger partial charge in [-0.1, -0.05) is 81.3 Å². The van der Waals surface area contributed by atoms with Crippen LogP contribution in [-0.2, 0) is 41.6 Å². The monoisotopic (exact) mass is 630 g/mol. The molecule has 3 N–H and O–H groups in total. The number of amides is 4. The molecule has 3 heterocycles. The van der Waals surface area contributed by atoms with Crippen LogP contribution in [0, 0.1) is 11.8 Å². The van der Waals surface area contributed by atoms with Crippen molar-refractivity contribution in [1.82, 2.24) is 20.9 Å². The van der Waals surface area contributed by atoms with E-state index in [1.54, 1.807) is 4.90 Å². The van der Waals surface area contributed by atoms with Crippen LogP contribution in [0.5, 0.6) is 0 Å². The van der Waals surface area contributed by atoms with Gasteiger partial charge in [0.25, 0.3) is 0 Å². The van der Waals surface area contributed by atoms with Crippen LogP contribution in [0.1, 0.15) is 75.0 Å². The summed E-state index contributed by atoms with van der Waals surface area (Å²) in [7, 11) is 1.28. The lowest BCUT2D eigenvalue weighted by Gasteiger charge is -2.28. The Morgan fingerprint density at radius 2 is 1.59 bits per heavy atom. The first-order valence-corrected chi connectivity index (χ1v) is 16.6. The summed E-state index contributed by atoms with van der Waals surface area (Å²) in [5, 5.41) is 8.64. The van der Waals surface area contributed by atoms with Gasteiger partial charge in [0.15, 0.2) is 0 Å². The van der Waals surface area contributed by atoms with E-state index in [4.69, 9.17) is 4.74 Å². The average molecular weight is 631 g/mol. The van der Waals surface area contributed by atoms with Crippen LogP contribution in [0.15, 0.2) is 54.6 Å². The number of nitrogens with zero attached hydrogens (tertiary/aromatic N) is 1. The Bertz CT molecular complexity index is 1410. The SMILES string of the molecule is CCCC[C@@H]1NC(=O)[C@@H]2CCCN2C(=O)C[C@@H]2[C@H](C)[C@@H]2c2ccc(cc2)C[C@@H](C(=O)OC)NC(=O)[C@H](Cc2ccccc2)NC1=O. The summed E-state index contributed by atoms with van der Waals surface area (Å²) in [5.74, 6) is -1.24. The fraction of sp³-hybridized carbons (Fsp3) is 0.528. The van der Waals surface area contributed by atoms with Gasteiger partial charge >= 0.3 is 5.97 Å². The number of nitrogens with one attached hydrogen (secondary N) is 3. The van der Waals surface area contributed by atoms with Crippen molar-refractivity contribution < 1.29 is 28.7 Å². The van der Waals surface area contributed by atoms with Gasteiger partial charge < -0.3 is 25.6 Å². The number of ether oxygens (including phenoxy) is 1. The summed E-state index contributed by atoms with van der Waals surface area (Å²) in [4.78, 5) is 69.4. The van der Waals surface area contributed by atoms with Crippen LogP contribution in [0.3, 0.4) is 0 Å². The first-order chi connectivity index (χ1) is 22.2. The molecule has 2 aromatic carbocycles. The minimum atomic E-state index is -1.02. The van der Waals surface area contributed by atoms with Crippen molar-refractivity contribution in [3.63, 3.8) is 0 Å². The Balaban J connectivity index is 1.47. The predicted molar refractivity (Wildman–Crippen MR) is 172 cm³/mol. The van der Waals surface area contributed by atoms with E-state index in [2.05, 4.69) is 22.9 Å². The molecular formula is C36H46N4O6. The number of benzene rings is 2. The summed E-state index contributed by atoms with van der Waals surface area (Å²) >= 11 is 0. The molecule has 1 saturated carbocycles. The quantitative estimate of drug-likeness (QED) is 0.332. The Hall–Kier alpha value is -4.21. The van der Waals surface area contributed by atoms with E-state index in [0.29, 0.717) is 38.1 Å². The Morgan fingerprint density at radius 3 is 2.28 bits per heavy atom. The molecule has 4 amide bonds. The van der Waals surface area contributed by atoms with Crippen molar-refractivity contribution in [2.24, 2.45) is 11.8 Å². The van der Waals surface area contributed by atoms with Gasteiger partial charge in [-0.25, -0.2) is 4.79 Å². The van der Waals surface area contributed by atoms with Gasteiger partial charge in [-0.2, -0.15) is 0 Å². The van der Waals surface area contributed by atoms with Gasteiger partial charge in [0, 0.05) is 25.8 Å². The van der Waals surface area contributed by atoms with E-state index in [9.17, 15) is 24.0 Å². The highest BCUT2D eigenvalue weighted by atomic mass is 16.5. The van der Waals surface area contributed by atoms with Crippen molar-refractivity contribution in [3.05, 3.63) is 71.3 Å². The molecule has 3 aliphatic heterocycles. The molecule has 2 aromatic rings. The predicted octanol–water partition coefficient (Wildman–Crippen LogP) is 3.03. The topological polar surface area (TPSA) is 134 Å². The van der Waals surface area contributed by atoms with E-state index in [-0.39, 0.29) is 36.5 Å². The summed E-state index contributed by atoms with van der Waals surface area (Å²) in [6.45, 7) is 4.66. The highest BCUT2D eigenvalue weighted by Gasteiger charge is 2.49. The number of fused-ring (bicyclic) bond motifs is 12. The zero-order valence-corrected chi connectivity index (χ0v) is 27.0. The van der Waals surface area contributed by atoms with E-state index in [1.165, 1.54) is 7.11 Å². The summed E-state index contributed by atoms with van der Waals surface area (Å²) in [5.41, 5.74) is 2.80. The number of carbonyl (C=O) groups is 5. The Kier molecular flexibility index (Phi) is 10.8. The fourth-order valence-electron chi connectivity index (χ4n) is 7.06. The maximum absolute atomic E-state index is 13.8. The van der Waals surface area contributed by atoms with Gasteiger partial charge in [-0.3, -0.25) is 19.2 Å². The van der Waals surface area contributed by atoms with Crippen molar-refractivity contribution in [3.8, 4) is 0 Å². The second-order valence-corrected chi connectivity index (χ2v) is 13.0. The van der Waals surface area contributed by atoms with Gasteiger partial charge in [0.05, 0.1) is 7.11 Å². The number of unbranched alkanes of at least 4 members (excludes halogenated alkanes) is 1. The molecule has 0 radical (unpaired) electrons. The Labute approximate surface area is 271 Å². The van der Waals surface area contributed by atoms with E-state index in [0.717, 1.165) is 29.5 Å². The van der Waals surface area contributed by atoms with Gasteiger partial charge in [0.1, 0.15) is 24.2 Å². The summed E-state index contributed by atoms with van der Waals surface area (Å²) in [6.07, 6.45) is 3.90. The fourth-order valence-corrected chi connectivity index (χ4v) is 7.06. The normalized spacial score (nSPS) is 28.8. The highest BCUT2D eigenvalue weighted by Crippen LogP contribution is 2.55. The summed E-state index contributed by atoms with van der Waals surface area (Å²) < 4.78 is 5.04. The molecule has 0 spiro atoms. The van der Waals surface area contributed by atoms with Gasteiger partial charge in [0.2, 0.25) is 23.6 Å². The molecule has 1 aliphatic carbocycles. The number of esters is 1. The maximum atomic E-state index is 13.8. The van der Waals surface area contributed by atoms with E-state index in [1.807, 2.05) is 61.5 Å². The van der Waals surface area contributed by atoms with E-state index < -0.39 is 42.0 Å². The zero-order valence-electron chi connectivity index (χ0n) is 27.0. The molecule has 1 saturated heterocycles. The lowest BCUT2D eigenvalue weighted by atomic mass is 10.00. The zero-order chi connectivity index (χ0) is 32.8. The standard InChI is InChI=1S/C36H46N4O6/c1-4-5-12-27-33(42)38-28(19-23-10-7-6-8-11-23)34(43)39-29(36(45)46-3)20-24-14-16-25(17-15-24)32-22(2)26(32)21-31(41)40-18-9-13-30(40)35(44)37-27/h6-8,10-11,14-17,22,26-30,32H,4-5,9,12-13,18-21H2,1-3H3,(H,37,44)(H,38,42)(H,39,43)/t22-,26+,27-,28-,29-,30-,32+/m0/s1. The molecule has 0 aromatic heterocycles. The minimum Gasteiger partial charge on any atom is -0.467 e. The van der Waals surface area contributed by atoms with Crippen molar-refractivity contribution in [2.75, 3.05) is 13.7 Å². The van der Waals surface area contributed by atoms with Crippen LogP contribution in [-0.4, -0.2) is 72.3 Å². The smallest absolute Gasteiger partial charge is 0.328 e. The number of methoxy groups -OCH3 is 1. The molecule has 4 aliphatic rings. The number of carbonyl (C=O) groups excluding carboxylic acids is 5. The third kappa shape index (κ3) is 7.77. The lowest BCUT2D eigenvalue weighted by Crippen LogP contribution is -2.58. The number of hydrogen-bond acceptors (Lipinski definition) is 6. The third-order valence-corrected chi connectivity index (χ3v) is 9.85. The second-order valence-electron chi connectivity index (χ2n) is 13.0. The molecule has 2 fully saturated rings. The van der Waals surface area contributed by atoms with Crippen molar-refractivity contribution >= 4 is 29.6 Å². The van der Waals surface area contributed by atoms with Gasteiger partial charge in [-0.15, -0.1) is 0 Å². The van der Waals surface area contributed by atoms with E-state index >= 15 is 0 Å². The van der Waals surface area contributed by atoms with Gasteiger partial charge in [-0.05, 0) is 53.7 Å². The molecule has 10 heteroatoms. The molecule has 246 valence electrons. The largest absolute Gasteiger partial charge is 0.467 e. The lowest BCUT2D eigenvalue weighted by molar-refractivity contribution is -0.145. The van der Waals surface area contributed by atoms with Crippen LogP contribution in [0.2, 0.25) is 0 Å². The molecule has 2 bridgehead atoms.